The van der Waals surface area contributed by atoms with Gasteiger partial charge in [0.05, 0.1) is 12.2 Å². The van der Waals surface area contributed by atoms with Gasteiger partial charge in [0, 0.05) is 18.3 Å². The molecule has 0 N–H and O–H groups in total. The molecule has 29 heavy (non-hydrogen) atoms. The second-order valence-corrected chi connectivity index (χ2v) is 12.0. The smallest absolute Gasteiger partial charge is 0.163 e. The van der Waals surface area contributed by atoms with E-state index in [9.17, 15) is 9.59 Å². The molecule has 4 nitrogen and oxygen atoms in total. The van der Waals surface area contributed by atoms with Crippen LogP contribution in [-0.2, 0) is 19.1 Å². The lowest BCUT2D eigenvalue weighted by Crippen LogP contribution is -2.59. The number of aldehydes is 1. The summed E-state index contributed by atoms with van der Waals surface area (Å²) in [4.78, 5) is 25.0. The van der Waals surface area contributed by atoms with Crippen LogP contribution in [0.15, 0.2) is 0 Å². The van der Waals surface area contributed by atoms with Gasteiger partial charge in [-0.15, -0.1) is 0 Å². The molecule has 1 heterocycles. The van der Waals surface area contributed by atoms with Gasteiger partial charge in [-0.2, -0.15) is 0 Å². The number of ether oxygens (including phenoxy) is 2. The minimum absolute atomic E-state index is 0.0284. The van der Waals surface area contributed by atoms with E-state index in [-0.39, 0.29) is 34.9 Å². The summed E-state index contributed by atoms with van der Waals surface area (Å²) in [6, 6.07) is 0. The molecule has 10 atom stereocenters. The Kier molecular flexibility index (Phi) is 4.44. The van der Waals surface area contributed by atoms with Crippen LogP contribution in [0.2, 0.25) is 0 Å². The normalized spacial score (nSPS) is 54.1. The molecule has 0 unspecified atom stereocenters. The van der Waals surface area contributed by atoms with E-state index in [4.69, 9.17) is 9.47 Å². The fourth-order valence-electron chi connectivity index (χ4n) is 9.03. The molecule has 0 spiro atoms. The Balaban J connectivity index is 1.45. The molecule has 1 saturated heterocycles. The number of rotatable bonds is 2. The van der Waals surface area contributed by atoms with E-state index in [1.54, 1.807) is 0 Å². The summed E-state index contributed by atoms with van der Waals surface area (Å²) >= 11 is 0. The standard InChI is InChI=1S/C25H38O4/c1-14(13-26)16-6-7-17-15-10-20(27)19-11-21-22(29-23(2,3)28-21)12-25(19,5)18(15)8-9-24(16,17)4/h13-19,21-22H,6-12H2,1-5H3/t14-,15+,16-,17+,18+,19-,21+,22-,24-,25-/m1/s1. The Labute approximate surface area is 175 Å². The van der Waals surface area contributed by atoms with Gasteiger partial charge in [-0.1, -0.05) is 20.8 Å². The van der Waals surface area contributed by atoms with Crippen molar-refractivity contribution in [1.82, 2.24) is 0 Å². The van der Waals surface area contributed by atoms with E-state index < -0.39 is 5.79 Å². The summed E-state index contributed by atoms with van der Waals surface area (Å²) in [5.74, 6) is 2.34. The highest BCUT2D eigenvalue weighted by Crippen LogP contribution is 2.68. The molecule has 5 rings (SSSR count). The Morgan fingerprint density at radius 2 is 1.69 bits per heavy atom. The van der Waals surface area contributed by atoms with Crippen molar-refractivity contribution in [1.29, 1.82) is 0 Å². The molecule has 0 aromatic rings. The third-order valence-corrected chi connectivity index (χ3v) is 10.2. The largest absolute Gasteiger partial charge is 0.345 e. The molecule has 5 fully saturated rings. The minimum Gasteiger partial charge on any atom is -0.345 e. The van der Waals surface area contributed by atoms with Gasteiger partial charge in [-0.3, -0.25) is 4.79 Å². The lowest BCUT2D eigenvalue weighted by Gasteiger charge is -2.60. The highest BCUT2D eigenvalue weighted by atomic mass is 16.7. The zero-order valence-corrected chi connectivity index (χ0v) is 18.8. The second-order valence-electron chi connectivity index (χ2n) is 12.0. The van der Waals surface area contributed by atoms with Crippen molar-refractivity contribution < 1.29 is 19.1 Å². The summed E-state index contributed by atoms with van der Waals surface area (Å²) in [6.45, 7) is 10.9. The van der Waals surface area contributed by atoms with Crippen LogP contribution in [0.4, 0.5) is 0 Å². The number of fused-ring (bicyclic) bond motifs is 6. The van der Waals surface area contributed by atoms with Gasteiger partial charge in [0.15, 0.2) is 5.79 Å². The first kappa shape index (κ1) is 20.2. The van der Waals surface area contributed by atoms with Gasteiger partial charge < -0.3 is 14.3 Å². The molecule has 0 bridgehead atoms. The Bertz CT molecular complexity index is 716. The van der Waals surface area contributed by atoms with Gasteiger partial charge in [0.25, 0.3) is 0 Å². The molecule has 0 aromatic carbocycles. The average Bonchev–Trinajstić information content (AvgIpc) is 3.14. The Morgan fingerprint density at radius 3 is 2.41 bits per heavy atom. The minimum atomic E-state index is -0.531. The van der Waals surface area contributed by atoms with Crippen LogP contribution in [0.3, 0.4) is 0 Å². The molecule has 4 heteroatoms. The van der Waals surface area contributed by atoms with E-state index >= 15 is 0 Å². The van der Waals surface area contributed by atoms with Crippen LogP contribution < -0.4 is 0 Å². The number of hydrogen-bond donors (Lipinski definition) is 0. The van der Waals surface area contributed by atoms with Gasteiger partial charge in [0.1, 0.15) is 12.1 Å². The number of ketones is 1. The van der Waals surface area contributed by atoms with E-state index in [1.807, 2.05) is 13.8 Å². The fraction of sp³-hybridized carbons (Fsp3) is 0.920. The fourth-order valence-corrected chi connectivity index (χ4v) is 9.03. The predicted octanol–water partition coefficient (Wildman–Crippen LogP) is 4.79. The first-order chi connectivity index (χ1) is 13.6. The van der Waals surface area contributed by atoms with Crippen molar-refractivity contribution in [2.24, 2.45) is 46.3 Å². The van der Waals surface area contributed by atoms with Crippen molar-refractivity contribution in [3.8, 4) is 0 Å². The number of Topliss-reactive ketones (excluding diaryl/α,β-unsaturated/α-hetero) is 1. The number of hydrogen-bond acceptors (Lipinski definition) is 4. The van der Waals surface area contributed by atoms with E-state index in [1.165, 1.54) is 19.3 Å². The van der Waals surface area contributed by atoms with Crippen molar-refractivity contribution in [2.75, 3.05) is 0 Å². The summed E-state index contributed by atoms with van der Waals surface area (Å²) < 4.78 is 12.4. The maximum atomic E-state index is 13.5. The van der Waals surface area contributed by atoms with Crippen molar-refractivity contribution in [2.45, 2.75) is 97.6 Å². The zero-order chi connectivity index (χ0) is 20.8. The Hall–Kier alpha value is -0.740. The predicted molar refractivity (Wildman–Crippen MR) is 110 cm³/mol. The highest BCUT2D eigenvalue weighted by Gasteiger charge is 2.65. The van der Waals surface area contributed by atoms with Crippen LogP contribution in [0, 0.1) is 46.3 Å². The average molecular weight is 403 g/mol. The maximum Gasteiger partial charge on any atom is 0.163 e. The molecule has 162 valence electrons. The Morgan fingerprint density at radius 1 is 1.00 bits per heavy atom. The maximum absolute atomic E-state index is 13.5. The number of carbonyl (C=O) groups excluding carboxylic acids is 2. The topological polar surface area (TPSA) is 52.6 Å². The van der Waals surface area contributed by atoms with Crippen LogP contribution >= 0.6 is 0 Å². The van der Waals surface area contributed by atoms with Gasteiger partial charge in [0.2, 0.25) is 0 Å². The summed E-state index contributed by atoms with van der Waals surface area (Å²) in [5.41, 5.74) is 0.248. The summed E-state index contributed by atoms with van der Waals surface area (Å²) in [5, 5.41) is 0. The summed E-state index contributed by atoms with van der Waals surface area (Å²) in [6.07, 6.45) is 8.62. The van der Waals surface area contributed by atoms with Gasteiger partial charge in [-0.25, -0.2) is 0 Å². The molecule has 0 radical (unpaired) electrons. The van der Waals surface area contributed by atoms with Crippen LogP contribution in [0.5, 0.6) is 0 Å². The van der Waals surface area contributed by atoms with E-state index in [0.29, 0.717) is 29.5 Å². The van der Waals surface area contributed by atoms with Crippen LogP contribution in [0.1, 0.15) is 79.6 Å². The quantitative estimate of drug-likeness (QED) is 0.623. The monoisotopic (exact) mass is 402 g/mol. The molecule has 4 aliphatic carbocycles. The van der Waals surface area contributed by atoms with Gasteiger partial charge >= 0.3 is 0 Å². The second kappa shape index (κ2) is 6.38. The van der Waals surface area contributed by atoms with Crippen molar-refractivity contribution in [3.05, 3.63) is 0 Å². The zero-order valence-electron chi connectivity index (χ0n) is 18.8. The molecule has 4 saturated carbocycles. The van der Waals surface area contributed by atoms with Gasteiger partial charge in [-0.05, 0) is 86.9 Å². The molecular weight excluding hydrogens is 364 g/mol. The molecule has 1 aliphatic heterocycles. The highest BCUT2D eigenvalue weighted by molar-refractivity contribution is 5.83. The van der Waals surface area contributed by atoms with E-state index in [2.05, 4.69) is 20.8 Å². The van der Waals surface area contributed by atoms with Crippen LogP contribution in [0.25, 0.3) is 0 Å². The van der Waals surface area contributed by atoms with Crippen molar-refractivity contribution >= 4 is 12.1 Å². The summed E-state index contributed by atoms with van der Waals surface area (Å²) in [7, 11) is 0. The number of carbonyl (C=O) groups is 2. The molecule has 5 aliphatic rings. The molecular formula is C25H38O4. The molecule has 0 aromatic heterocycles. The van der Waals surface area contributed by atoms with Crippen LogP contribution in [-0.4, -0.2) is 30.1 Å². The lowest BCUT2D eigenvalue weighted by molar-refractivity contribution is -0.164. The molecule has 0 amide bonds. The van der Waals surface area contributed by atoms with E-state index in [0.717, 1.165) is 32.0 Å². The first-order valence-electron chi connectivity index (χ1n) is 11.9. The lowest BCUT2D eigenvalue weighted by atomic mass is 9.44. The third kappa shape index (κ3) is 2.77. The SMILES string of the molecule is C[C@H](C=O)[C@H]1CC[C@H]2[C@@H]3CC(=O)[C@H]4C[C@@H]5OC(C)(C)O[C@@H]5C[C@]4(C)[C@H]3CC[C@]12C. The first-order valence-corrected chi connectivity index (χ1v) is 11.9. The van der Waals surface area contributed by atoms with Crippen molar-refractivity contribution in [3.63, 3.8) is 0 Å². The third-order valence-electron chi connectivity index (χ3n) is 10.2.